The van der Waals surface area contributed by atoms with Crippen LogP contribution >= 0.6 is 0 Å². The lowest BCUT2D eigenvalue weighted by Gasteiger charge is -2.16. The molecule has 0 rings (SSSR count). The van der Waals surface area contributed by atoms with E-state index in [-0.39, 0.29) is 0 Å². The second-order valence-corrected chi connectivity index (χ2v) is 1.70. The summed E-state index contributed by atoms with van der Waals surface area (Å²) in [7, 11) is 0. The van der Waals surface area contributed by atoms with Gasteiger partial charge in [-0.25, -0.2) is 4.94 Å². The van der Waals surface area contributed by atoms with Gasteiger partial charge in [-0.2, -0.15) is 10.5 Å². The van der Waals surface area contributed by atoms with Gasteiger partial charge in [-0.1, -0.05) is 20.8 Å². The molecular formula is C6H16N2O. The monoisotopic (exact) mass is 132 g/mol. The van der Waals surface area contributed by atoms with E-state index >= 15 is 0 Å². The van der Waals surface area contributed by atoms with Crippen LogP contribution in [0.1, 0.15) is 20.8 Å². The zero-order valence-electron chi connectivity index (χ0n) is 6.48. The van der Waals surface area contributed by atoms with E-state index in [1.807, 2.05) is 12.0 Å². The van der Waals surface area contributed by atoms with Gasteiger partial charge in [-0.3, -0.25) is 0 Å². The maximum Gasteiger partial charge on any atom is 0.0231 e. The summed E-state index contributed by atoms with van der Waals surface area (Å²) >= 11 is 0. The van der Waals surface area contributed by atoms with Crippen molar-refractivity contribution < 1.29 is 4.94 Å². The van der Waals surface area contributed by atoms with E-state index < -0.39 is 0 Å². The quantitative estimate of drug-likeness (QED) is 0.559. The molecule has 0 aromatic carbocycles. The van der Waals surface area contributed by atoms with Gasteiger partial charge in [-0.15, -0.1) is 0 Å². The van der Waals surface area contributed by atoms with Crippen molar-refractivity contribution in [2.45, 2.75) is 20.8 Å². The highest BCUT2D eigenvalue weighted by atomic mass is 16.8. The molecule has 3 nitrogen and oxygen atoms in total. The fourth-order valence-electron chi connectivity index (χ4n) is 0.509. The van der Waals surface area contributed by atoms with Crippen LogP contribution in [0.25, 0.3) is 0 Å². The maximum absolute atomic E-state index is 5.07. The summed E-state index contributed by atoms with van der Waals surface area (Å²) < 4.78 is 0. The van der Waals surface area contributed by atoms with E-state index in [1.165, 1.54) is 0 Å². The predicted molar refractivity (Wildman–Crippen MR) is 37.7 cm³/mol. The van der Waals surface area contributed by atoms with E-state index in [1.54, 1.807) is 0 Å². The third-order valence-corrected chi connectivity index (χ3v) is 1.04. The third-order valence-electron chi connectivity index (χ3n) is 1.04. The van der Waals surface area contributed by atoms with Crippen LogP contribution in [0, 0.1) is 0 Å². The van der Waals surface area contributed by atoms with Gasteiger partial charge in [0, 0.05) is 19.6 Å². The lowest BCUT2D eigenvalue weighted by Crippen LogP contribution is -2.30. The van der Waals surface area contributed by atoms with E-state index in [0.29, 0.717) is 0 Å². The number of nitrogens with one attached hydrogen (secondary N) is 1. The summed E-state index contributed by atoms with van der Waals surface area (Å²) in [4.78, 5) is 5.07. The SMILES string of the molecule is CCNON(CC)CC. The van der Waals surface area contributed by atoms with Crippen LogP contribution < -0.4 is 5.48 Å². The largest absolute Gasteiger partial charge is 0.211 e. The van der Waals surface area contributed by atoms with Crippen molar-refractivity contribution in [3.8, 4) is 0 Å². The Kier molecular flexibility index (Phi) is 5.93. The lowest BCUT2D eigenvalue weighted by molar-refractivity contribution is -0.203. The molecule has 0 aromatic rings. The van der Waals surface area contributed by atoms with E-state index in [4.69, 9.17) is 4.94 Å². The average Bonchev–Trinajstić information content (AvgIpc) is 1.91. The van der Waals surface area contributed by atoms with E-state index in [9.17, 15) is 0 Å². The first-order chi connectivity index (χ1) is 4.35. The van der Waals surface area contributed by atoms with Crippen LogP contribution in [-0.2, 0) is 4.94 Å². The average molecular weight is 132 g/mol. The highest BCUT2D eigenvalue weighted by Crippen LogP contribution is 1.83. The number of rotatable bonds is 5. The van der Waals surface area contributed by atoms with Gasteiger partial charge in [0.1, 0.15) is 0 Å². The fourth-order valence-corrected chi connectivity index (χ4v) is 0.509. The minimum atomic E-state index is 0.844. The second-order valence-electron chi connectivity index (χ2n) is 1.70. The summed E-state index contributed by atoms with van der Waals surface area (Å²) in [5, 5.41) is 1.85. The standard InChI is InChI=1S/C6H16N2O/c1-4-7-9-8(5-2)6-3/h7H,4-6H2,1-3H3. The summed E-state index contributed by atoms with van der Waals surface area (Å²) in [6.45, 7) is 8.80. The molecule has 0 aliphatic rings. The summed E-state index contributed by atoms with van der Waals surface area (Å²) in [5.74, 6) is 0. The molecule has 0 bridgehead atoms. The minimum absolute atomic E-state index is 0.844. The molecule has 0 spiro atoms. The zero-order valence-corrected chi connectivity index (χ0v) is 6.48. The Labute approximate surface area is 56.9 Å². The van der Waals surface area contributed by atoms with Crippen LogP contribution in [0.2, 0.25) is 0 Å². The van der Waals surface area contributed by atoms with Gasteiger partial charge in [0.25, 0.3) is 0 Å². The van der Waals surface area contributed by atoms with Crippen LogP contribution in [0.15, 0.2) is 0 Å². The summed E-state index contributed by atoms with van der Waals surface area (Å²) in [6, 6.07) is 0. The van der Waals surface area contributed by atoms with Crippen molar-refractivity contribution in [3.05, 3.63) is 0 Å². The first kappa shape index (κ1) is 8.88. The first-order valence-corrected chi connectivity index (χ1v) is 3.49. The van der Waals surface area contributed by atoms with Crippen LogP contribution in [0.5, 0.6) is 0 Å². The van der Waals surface area contributed by atoms with Gasteiger partial charge < -0.3 is 0 Å². The van der Waals surface area contributed by atoms with Crippen LogP contribution in [-0.4, -0.2) is 24.7 Å². The molecule has 0 aromatic heterocycles. The molecular weight excluding hydrogens is 116 g/mol. The molecule has 0 saturated carbocycles. The Morgan fingerprint density at radius 2 is 1.78 bits per heavy atom. The smallest absolute Gasteiger partial charge is 0.0231 e. The van der Waals surface area contributed by atoms with Gasteiger partial charge >= 0.3 is 0 Å². The Balaban J connectivity index is 3.09. The molecule has 56 valence electrons. The molecule has 9 heavy (non-hydrogen) atoms. The number of nitrogens with zero attached hydrogens (tertiary/aromatic N) is 1. The highest BCUT2D eigenvalue weighted by Gasteiger charge is 1.94. The molecule has 0 amide bonds. The number of hydrogen-bond donors (Lipinski definition) is 1. The fraction of sp³-hybridized carbons (Fsp3) is 1.00. The normalized spacial score (nSPS) is 10.7. The topological polar surface area (TPSA) is 24.5 Å². The lowest BCUT2D eigenvalue weighted by atomic mass is 10.6. The van der Waals surface area contributed by atoms with Crippen molar-refractivity contribution in [2.75, 3.05) is 19.6 Å². The molecule has 0 radical (unpaired) electrons. The van der Waals surface area contributed by atoms with Gasteiger partial charge in [0.15, 0.2) is 0 Å². The van der Waals surface area contributed by atoms with Crippen molar-refractivity contribution in [3.63, 3.8) is 0 Å². The molecule has 0 aliphatic carbocycles. The van der Waals surface area contributed by atoms with Crippen molar-refractivity contribution in [1.82, 2.24) is 10.5 Å². The summed E-state index contributed by atoms with van der Waals surface area (Å²) in [6.07, 6.45) is 0. The van der Waals surface area contributed by atoms with Crippen molar-refractivity contribution >= 4 is 0 Å². The zero-order chi connectivity index (χ0) is 7.11. The Morgan fingerprint density at radius 1 is 1.22 bits per heavy atom. The Bertz CT molecular complexity index is 55.0. The second kappa shape index (κ2) is 6.01. The molecule has 1 N–H and O–H groups in total. The third kappa shape index (κ3) is 4.39. The molecule has 0 heterocycles. The molecule has 0 unspecified atom stereocenters. The van der Waals surface area contributed by atoms with Crippen LogP contribution in [0.3, 0.4) is 0 Å². The number of hydrogen-bond acceptors (Lipinski definition) is 3. The van der Waals surface area contributed by atoms with Gasteiger partial charge in [-0.05, 0) is 0 Å². The minimum Gasteiger partial charge on any atom is -0.211 e. The van der Waals surface area contributed by atoms with E-state index in [2.05, 4.69) is 19.3 Å². The molecule has 0 saturated heterocycles. The molecule has 0 atom stereocenters. The Morgan fingerprint density at radius 3 is 2.11 bits per heavy atom. The summed E-state index contributed by atoms with van der Waals surface area (Å²) in [5.41, 5.74) is 2.78. The highest BCUT2D eigenvalue weighted by molar-refractivity contribution is 4.30. The molecule has 0 fully saturated rings. The maximum atomic E-state index is 5.07. The molecule has 3 heteroatoms. The predicted octanol–water partition coefficient (Wildman–Crippen LogP) is 0.784. The first-order valence-electron chi connectivity index (χ1n) is 3.49. The van der Waals surface area contributed by atoms with Gasteiger partial charge in [0.05, 0.1) is 0 Å². The van der Waals surface area contributed by atoms with Crippen molar-refractivity contribution in [1.29, 1.82) is 0 Å². The Hall–Kier alpha value is -0.120. The van der Waals surface area contributed by atoms with Crippen molar-refractivity contribution in [2.24, 2.45) is 0 Å². The van der Waals surface area contributed by atoms with Gasteiger partial charge in [0.2, 0.25) is 0 Å². The molecule has 0 aliphatic heterocycles. The van der Waals surface area contributed by atoms with E-state index in [0.717, 1.165) is 19.6 Å². The number of hydroxylamine groups is 3. The van der Waals surface area contributed by atoms with Crippen LogP contribution in [0.4, 0.5) is 0 Å².